The molecule has 0 spiro atoms. The van der Waals surface area contributed by atoms with E-state index in [1.807, 2.05) is 0 Å². The normalized spacial score (nSPS) is 21.1. The average Bonchev–Trinajstić information content (AvgIpc) is 2.38. The van der Waals surface area contributed by atoms with Gasteiger partial charge in [-0.3, -0.25) is 9.69 Å². The van der Waals surface area contributed by atoms with Crippen molar-refractivity contribution in [2.75, 3.05) is 46.1 Å². The van der Waals surface area contributed by atoms with E-state index < -0.39 is 10.0 Å². The molecule has 0 aromatic heterocycles. The molecule has 0 aromatic carbocycles. The molecule has 0 aromatic rings. The number of carbonyl (C=O) groups is 1. The van der Waals surface area contributed by atoms with Crippen LogP contribution in [-0.2, 0) is 19.6 Å². The Labute approximate surface area is 122 Å². The van der Waals surface area contributed by atoms with E-state index in [2.05, 4.69) is 11.8 Å². The van der Waals surface area contributed by atoms with Crippen molar-refractivity contribution in [2.45, 2.75) is 26.2 Å². The van der Waals surface area contributed by atoms with Gasteiger partial charge in [-0.2, -0.15) is 0 Å². The molecule has 6 nitrogen and oxygen atoms in total. The summed E-state index contributed by atoms with van der Waals surface area (Å²) in [5.74, 6) is 0.0453. The molecule has 1 atom stereocenters. The van der Waals surface area contributed by atoms with Gasteiger partial charge in [-0.15, -0.1) is 0 Å². The minimum atomic E-state index is -3.11. The number of methoxy groups -OCH3 is 1. The Kier molecular flexibility index (Phi) is 6.91. The van der Waals surface area contributed by atoms with E-state index in [-0.39, 0.29) is 18.4 Å². The van der Waals surface area contributed by atoms with Crippen LogP contribution in [0, 0.1) is 5.92 Å². The minimum absolute atomic E-state index is 0.241. The fraction of sp³-hybridized carbons (Fsp3) is 0.923. The zero-order valence-electron chi connectivity index (χ0n) is 12.7. The van der Waals surface area contributed by atoms with Crippen LogP contribution in [0.1, 0.15) is 26.2 Å². The first kappa shape index (κ1) is 17.4. The second-order valence-corrected chi connectivity index (χ2v) is 7.42. The molecule has 20 heavy (non-hydrogen) atoms. The first-order valence-electron chi connectivity index (χ1n) is 7.11. The first-order valence-corrected chi connectivity index (χ1v) is 8.96. The summed E-state index contributed by atoms with van der Waals surface area (Å²) in [4.78, 5) is 13.4. The highest BCUT2D eigenvalue weighted by molar-refractivity contribution is 7.88. The summed E-state index contributed by atoms with van der Waals surface area (Å²) in [7, 11) is -1.72. The van der Waals surface area contributed by atoms with Crippen LogP contribution in [0.25, 0.3) is 0 Å². The van der Waals surface area contributed by atoms with Gasteiger partial charge in [-0.1, -0.05) is 6.92 Å². The highest BCUT2D eigenvalue weighted by Gasteiger charge is 2.27. The second-order valence-electron chi connectivity index (χ2n) is 5.44. The van der Waals surface area contributed by atoms with Gasteiger partial charge in [-0.25, -0.2) is 12.7 Å². The van der Waals surface area contributed by atoms with E-state index in [9.17, 15) is 13.2 Å². The number of hydrogen-bond acceptors (Lipinski definition) is 5. The predicted molar refractivity (Wildman–Crippen MR) is 77.9 cm³/mol. The van der Waals surface area contributed by atoms with E-state index in [1.54, 1.807) is 4.31 Å². The van der Waals surface area contributed by atoms with Crippen LogP contribution in [0.2, 0.25) is 0 Å². The van der Waals surface area contributed by atoms with Crippen molar-refractivity contribution in [1.29, 1.82) is 0 Å². The molecule has 1 saturated heterocycles. The number of nitrogens with zero attached hydrogens (tertiary/aromatic N) is 2. The number of carbonyl (C=O) groups excluding carboxylic acids is 1. The van der Waals surface area contributed by atoms with Crippen molar-refractivity contribution < 1.29 is 17.9 Å². The van der Waals surface area contributed by atoms with Gasteiger partial charge in [-0.05, 0) is 31.7 Å². The third kappa shape index (κ3) is 5.76. The Morgan fingerprint density at radius 3 is 2.70 bits per heavy atom. The lowest BCUT2D eigenvalue weighted by Gasteiger charge is -2.34. The quantitative estimate of drug-likeness (QED) is 0.642. The summed E-state index contributed by atoms with van der Waals surface area (Å²) in [6.07, 6.45) is 4.11. The Bertz CT molecular complexity index is 411. The van der Waals surface area contributed by atoms with Crippen LogP contribution in [0.5, 0.6) is 0 Å². The largest absolute Gasteiger partial charge is 0.468 e. The lowest BCUT2D eigenvalue weighted by molar-refractivity contribution is -0.142. The van der Waals surface area contributed by atoms with Crippen LogP contribution in [-0.4, -0.2) is 69.7 Å². The Morgan fingerprint density at radius 1 is 1.45 bits per heavy atom. The van der Waals surface area contributed by atoms with Gasteiger partial charge in [0.15, 0.2) is 0 Å². The summed E-state index contributed by atoms with van der Waals surface area (Å²) in [6.45, 7) is 5.08. The van der Waals surface area contributed by atoms with E-state index in [4.69, 9.17) is 4.74 Å². The van der Waals surface area contributed by atoms with E-state index >= 15 is 0 Å². The lowest BCUT2D eigenvalue weighted by atomic mass is 9.99. The Hall–Kier alpha value is -0.660. The summed E-state index contributed by atoms with van der Waals surface area (Å²) < 4.78 is 29.5. The highest BCUT2D eigenvalue weighted by atomic mass is 32.2. The zero-order valence-corrected chi connectivity index (χ0v) is 13.5. The molecule has 1 aliphatic rings. The maximum atomic E-state index is 11.6. The van der Waals surface area contributed by atoms with Crippen LogP contribution < -0.4 is 0 Å². The van der Waals surface area contributed by atoms with Crippen molar-refractivity contribution in [2.24, 2.45) is 5.92 Å². The minimum Gasteiger partial charge on any atom is -0.468 e. The SMILES string of the molecule is CCCN(CC(=O)OC)CC1CCCN(S(C)(=O)=O)C1. The van der Waals surface area contributed by atoms with Crippen LogP contribution in [0.15, 0.2) is 0 Å². The molecule has 7 heteroatoms. The van der Waals surface area contributed by atoms with Crippen molar-refractivity contribution >= 4 is 16.0 Å². The molecule has 1 heterocycles. The molecule has 1 fully saturated rings. The Morgan fingerprint density at radius 2 is 2.15 bits per heavy atom. The molecule has 0 N–H and O–H groups in total. The Balaban J connectivity index is 2.57. The van der Waals surface area contributed by atoms with Gasteiger partial charge >= 0.3 is 5.97 Å². The van der Waals surface area contributed by atoms with E-state index in [0.29, 0.717) is 13.1 Å². The van der Waals surface area contributed by atoms with E-state index in [0.717, 1.165) is 32.4 Å². The van der Waals surface area contributed by atoms with E-state index in [1.165, 1.54) is 13.4 Å². The summed E-state index contributed by atoms with van der Waals surface area (Å²) >= 11 is 0. The van der Waals surface area contributed by atoms with Crippen molar-refractivity contribution in [3.05, 3.63) is 0 Å². The molecule has 0 bridgehead atoms. The van der Waals surface area contributed by atoms with Gasteiger partial charge in [0.2, 0.25) is 10.0 Å². The van der Waals surface area contributed by atoms with Crippen LogP contribution >= 0.6 is 0 Å². The third-order valence-corrected chi connectivity index (χ3v) is 4.86. The fourth-order valence-electron chi connectivity index (χ4n) is 2.64. The monoisotopic (exact) mass is 306 g/mol. The predicted octanol–water partition coefficient (Wildman–Crippen LogP) is 0.543. The van der Waals surface area contributed by atoms with Crippen LogP contribution in [0.4, 0.5) is 0 Å². The molecular weight excluding hydrogens is 280 g/mol. The number of ether oxygens (including phenoxy) is 1. The molecule has 0 aliphatic carbocycles. The summed E-state index contributed by atoms with van der Waals surface area (Å²) in [5.41, 5.74) is 0. The number of hydrogen-bond donors (Lipinski definition) is 0. The highest BCUT2D eigenvalue weighted by Crippen LogP contribution is 2.19. The van der Waals surface area contributed by atoms with Gasteiger partial charge < -0.3 is 4.74 Å². The van der Waals surface area contributed by atoms with Crippen molar-refractivity contribution in [1.82, 2.24) is 9.21 Å². The fourth-order valence-corrected chi connectivity index (χ4v) is 3.58. The molecule has 1 rings (SSSR count). The number of rotatable bonds is 7. The standard InChI is InChI=1S/C13H26N2O4S/c1-4-7-14(11-13(16)19-2)9-12-6-5-8-15(10-12)20(3,17)18/h12H,4-11H2,1-3H3. The first-order chi connectivity index (χ1) is 9.36. The molecule has 1 aliphatic heterocycles. The van der Waals surface area contributed by atoms with Gasteiger partial charge in [0.25, 0.3) is 0 Å². The number of sulfonamides is 1. The number of piperidine rings is 1. The molecule has 118 valence electrons. The topological polar surface area (TPSA) is 66.9 Å². The molecule has 0 radical (unpaired) electrons. The molecule has 0 saturated carbocycles. The zero-order chi connectivity index (χ0) is 15.2. The van der Waals surface area contributed by atoms with Crippen molar-refractivity contribution in [3.8, 4) is 0 Å². The van der Waals surface area contributed by atoms with Crippen molar-refractivity contribution in [3.63, 3.8) is 0 Å². The third-order valence-electron chi connectivity index (χ3n) is 3.59. The lowest BCUT2D eigenvalue weighted by Crippen LogP contribution is -2.44. The summed E-state index contributed by atoms with van der Waals surface area (Å²) in [5, 5.41) is 0. The maximum Gasteiger partial charge on any atom is 0.319 e. The summed E-state index contributed by atoms with van der Waals surface area (Å²) in [6, 6.07) is 0. The smallest absolute Gasteiger partial charge is 0.319 e. The van der Waals surface area contributed by atoms with Gasteiger partial charge in [0.05, 0.1) is 19.9 Å². The van der Waals surface area contributed by atoms with Gasteiger partial charge in [0.1, 0.15) is 0 Å². The number of esters is 1. The molecule has 1 unspecified atom stereocenters. The van der Waals surface area contributed by atoms with Gasteiger partial charge in [0, 0.05) is 19.6 Å². The second kappa shape index (κ2) is 7.95. The average molecular weight is 306 g/mol. The maximum absolute atomic E-state index is 11.6. The molecular formula is C13H26N2O4S. The van der Waals surface area contributed by atoms with Crippen LogP contribution in [0.3, 0.4) is 0 Å². The molecule has 0 amide bonds.